The van der Waals surface area contributed by atoms with Gasteiger partial charge in [-0.05, 0) is 69.7 Å². The molecule has 7 heterocycles. The third-order valence-corrected chi connectivity index (χ3v) is 12.2. The van der Waals surface area contributed by atoms with Crippen molar-refractivity contribution in [2.24, 2.45) is 5.92 Å². The largest absolute Gasteiger partial charge is 0.365 e. The van der Waals surface area contributed by atoms with Crippen LogP contribution in [-0.4, -0.2) is 112 Å². The highest BCUT2D eigenvalue weighted by Gasteiger charge is 2.34. The summed E-state index contributed by atoms with van der Waals surface area (Å²) in [6, 6.07) is 9.63. The molecule has 15 heteroatoms. The Kier molecular flexibility index (Phi) is 10.3. The summed E-state index contributed by atoms with van der Waals surface area (Å²) in [4.78, 5) is 62.1. The van der Waals surface area contributed by atoms with Gasteiger partial charge in [-0.2, -0.15) is 5.26 Å². The van der Waals surface area contributed by atoms with Crippen molar-refractivity contribution in [1.82, 2.24) is 34.6 Å². The Bertz CT molecular complexity index is 2120. The Morgan fingerprint density at radius 3 is 2.45 bits per heavy atom. The van der Waals surface area contributed by atoms with Crippen LogP contribution in [0.4, 0.5) is 22.0 Å². The van der Waals surface area contributed by atoms with Crippen molar-refractivity contribution < 1.29 is 14.4 Å². The number of imide groups is 1. The topological polar surface area (TPSA) is 147 Å². The predicted molar refractivity (Wildman–Crippen MR) is 210 cm³/mol. The molecule has 4 aromatic rings. The molecular weight excluding hydrogens is 718 g/mol. The molecule has 4 saturated heterocycles. The zero-order valence-corrected chi connectivity index (χ0v) is 32.0. The molecule has 4 aliphatic heterocycles. The molecule has 55 heavy (non-hydrogen) atoms. The maximum Gasteiger partial charge on any atom is 0.328 e. The molecule has 8 rings (SSSR count). The molecule has 3 aromatic heterocycles. The lowest BCUT2D eigenvalue weighted by Crippen LogP contribution is -2.58. The third kappa shape index (κ3) is 7.43. The van der Waals surface area contributed by atoms with Gasteiger partial charge in [0.2, 0.25) is 5.91 Å². The number of nitrogens with zero attached hydrogens (tertiary/aromatic N) is 10. The number of fused-ring (bicyclic) bond motifs is 1. The normalized spacial score (nSPS) is 21.9. The molecule has 1 N–H and O–H groups in total. The van der Waals surface area contributed by atoms with Crippen LogP contribution in [0, 0.1) is 17.2 Å². The van der Waals surface area contributed by atoms with Gasteiger partial charge in [0.15, 0.2) is 0 Å². The van der Waals surface area contributed by atoms with E-state index in [9.17, 15) is 19.6 Å². The van der Waals surface area contributed by atoms with Gasteiger partial charge in [-0.1, -0.05) is 11.6 Å². The van der Waals surface area contributed by atoms with Gasteiger partial charge in [-0.25, -0.2) is 14.8 Å². The van der Waals surface area contributed by atoms with Crippen molar-refractivity contribution in [2.75, 3.05) is 67.1 Å². The molecule has 0 aliphatic carbocycles. The number of aromatic nitrogens is 4. The number of carbonyl (C=O) groups is 3. The lowest BCUT2D eigenvalue weighted by atomic mass is 9.94. The van der Waals surface area contributed by atoms with Gasteiger partial charge in [0.1, 0.15) is 17.6 Å². The van der Waals surface area contributed by atoms with E-state index in [0.717, 1.165) is 86.5 Å². The van der Waals surface area contributed by atoms with E-state index < -0.39 is 6.03 Å². The summed E-state index contributed by atoms with van der Waals surface area (Å²) in [5.74, 6) is 1.07. The van der Waals surface area contributed by atoms with Crippen molar-refractivity contribution in [3.05, 3.63) is 71.5 Å². The number of pyridine rings is 1. The number of anilines is 3. The van der Waals surface area contributed by atoms with Gasteiger partial charge in [-0.3, -0.25) is 24.8 Å². The van der Waals surface area contributed by atoms with E-state index in [-0.39, 0.29) is 30.3 Å². The standard InChI is InChI=1S/C40H46ClN11O3/c1-26-24-52(27(2)23-51(26)31-4-3-29(18-42)33(41)17-31)39(54)34-19-45-37(22-44-34)48-13-5-28(6-14-48)25-47-11-7-30(8-12-47)49-15-9-32-35(49)20-43-21-36(32)50-16-10-38(53)46-40(50)55/h3-4,9,15,17,19-22,26-28,30H,5-8,10-14,16,23-25H2,1-2H3,(H,46,53,55)/t26-,27+/m0/s1. The molecule has 0 unspecified atom stereocenters. The van der Waals surface area contributed by atoms with E-state index in [1.165, 1.54) is 0 Å². The Morgan fingerprint density at radius 2 is 1.75 bits per heavy atom. The highest BCUT2D eigenvalue weighted by atomic mass is 35.5. The number of hydrogen-bond acceptors (Lipinski definition) is 10. The number of rotatable bonds is 7. The summed E-state index contributed by atoms with van der Waals surface area (Å²) in [5.41, 5.74) is 3.50. The van der Waals surface area contributed by atoms with Crippen LogP contribution in [0.25, 0.3) is 10.9 Å². The predicted octanol–water partition coefficient (Wildman–Crippen LogP) is 5.09. The second-order valence-electron chi connectivity index (χ2n) is 15.4. The van der Waals surface area contributed by atoms with Crippen molar-refractivity contribution in [3.63, 3.8) is 0 Å². The van der Waals surface area contributed by atoms with E-state index in [0.29, 0.717) is 47.9 Å². The quantitative estimate of drug-likeness (QED) is 0.270. The lowest BCUT2D eigenvalue weighted by molar-refractivity contribution is -0.120. The molecule has 4 fully saturated rings. The molecular formula is C40H46ClN11O3. The van der Waals surface area contributed by atoms with Gasteiger partial charge in [0.05, 0.1) is 46.6 Å². The van der Waals surface area contributed by atoms with Crippen LogP contribution in [0.3, 0.4) is 0 Å². The summed E-state index contributed by atoms with van der Waals surface area (Å²) >= 11 is 6.31. The van der Waals surface area contributed by atoms with Crippen LogP contribution in [0.5, 0.6) is 0 Å². The fourth-order valence-electron chi connectivity index (χ4n) is 8.76. The van der Waals surface area contributed by atoms with Crippen LogP contribution in [0.1, 0.15) is 68.0 Å². The summed E-state index contributed by atoms with van der Waals surface area (Å²) in [7, 11) is 0. The highest BCUT2D eigenvalue weighted by Crippen LogP contribution is 2.34. The third-order valence-electron chi connectivity index (χ3n) is 11.9. The number of hydrogen-bond donors (Lipinski definition) is 1. The van der Waals surface area contributed by atoms with Crippen molar-refractivity contribution >= 4 is 57.5 Å². The molecule has 4 amide bonds. The van der Waals surface area contributed by atoms with Gasteiger partial charge in [-0.15, -0.1) is 0 Å². The zero-order chi connectivity index (χ0) is 38.2. The van der Waals surface area contributed by atoms with Gasteiger partial charge in [0.25, 0.3) is 5.91 Å². The molecule has 14 nitrogen and oxygen atoms in total. The fourth-order valence-corrected chi connectivity index (χ4v) is 8.98. The van der Waals surface area contributed by atoms with Crippen LogP contribution >= 0.6 is 11.6 Å². The van der Waals surface area contributed by atoms with Crippen molar-refractivity contribution in [1.29, 1.82) is 5.26 Å². The minimum absolute atomic E-state index is 0.0473. The van der Waals surface area contributed by atoms with E-state index in [1.807, 2.05) is 30.2 Å². The summed E-state index contributed by atoms with van der Waals surface area (Å²) in [6.45, 7) is 10.6. The van der Waals surface area contributed by atoms with Gasteiger partial charge < -0.3 is 24.2 Å². The second-order valence-corrected chi connectivity index (χ2v) is 15.8. The average molecular weight is 764 g/mol. The molecule has 0 bridgehead atoms. The highest BCUT2D eigenvalue weighted by molar-refractivity contribution is 6.32. The summed E-state index contributed by atoms with van der Waals surface area (Å²) in [6.07, 6.45) is 13.6. The smallest absolute Gasteiger partial charge is 0.328 e. The Hall–Kier alpha value is -5.26. The zero-order valence-electron chi connectivity index (χ0n) is 31.3. The van der Waals surface area contributed by atoms with Crippen LogP contribution in [-0.2, 0) is 4.79 Å². The monoisotopic (exact) mass is 763 g/mol. The number of nitrogens with one attached hydrogen (secondary N) is 1. The fraction of sp³-hybridized carbons (Fsp3) is 0.475. The SMILES string of the molecule is C[C@@H]1CN(c2ccc(C#N)c(Cl)c2)[C@@H](C)CN1C(=O)c1cnc(N2CCC(CN3CCC(n4ccc5c(N6CCC(=O)NC6=O)cncc54)CC3)CC2)cn1. The number of likely N-dealkylation sites (tertiary alicyclic amines) is 1. The molecule has 4 aliphatic rings. The van der Waals surface area contributed by atoms with E-state index in [4.69, 9.17) is 16.6 Å². The molecule has 286 valence electrons. The Morgan fingerprint density at radius 1 is 0.945 bits per heavy atom. The van der Waals surface area contributed by atoms with Crippen LogP contribution < -0.4 is 20.0 Å². The lowest BCUT2D eigenvalue weighted by Gasteiger charge is -2.45. The number of benzene rings is 1. The second kappa shape index (κ2) is 15.5. The first-order chi connectivity index (χ1) is 26.7. The minimum Gasteiger partial charge on any atom is -0.365 e. The Balaban J connectivity index is 0.807. The molecule has 1 aromatic carbocycles. The summed E-state index contributed by atoms with van der Waals surface area (Å²) in [5, 5.41) is 13.1. The number of carbonyl (C=O) groups excluding carboxylic acids is 3. The maximum absolute atomic E-state index is 13.6. The van der Waals surface area contributed by atoms with Crippen molar-refractivity contribution in [2.45, 2.75) is 64.1 Å². The number of piperidine rings is 2. The maximum atomic E-state index is 13.6. The number of halogens is 1. The van der Waals surface area contributed by atoms with Crippen LogP contribution in [0.2, 0.25) is 5.02 Å². The van der Waals surface area contributed by atoms with Gasteiger partial charge in [0, 0.05) is 94.2 Å². The molecule has 0 spiro atoms. The van der Waals surface area contributed by atoms with Gasteiger partial charge >= 0.3 is 6.03 Å². The first-order valence-corrected chi connectivity index (χ1v) is 19.7. The molecule has 0 saturated carbocycles. The molecule has 0 radical (unpaired) electrons. The van der Waals surface area contributed by atoms with E-state index in [2.05, 4.69) is 59.8 Å². The number of urea groups is 1. The number of nitriles is 1. The van der Waals surface area contributed by atoms with E-state index >= 15 is 0 Å². The minimum atomic E-state index is -0.393. The molecule has 2 atom stereocenters. The number of amides is 4. The Labute approximate surface area is 325 Å². The number of piperazine rings is 1. The summed E-state index contributed by atoms with van der Waals surface area (Å²) < 4.78 is 2.31. The van der Waals surface area contributed by atoms with Crippen molar-refractivity contribution in [3.8, 4) is 6.07 Å². The van der Waals surface area contributed by atoms with E-state index in [1.54, 1.807) is 29.6 Å². The average Bonchev–Trinajstić information content (AvgIpc) is 3.64. The van der Waals surface area contributed by atoms with Crippen LogP contribution in [0.15, 0.2) is 55.2 Å². The first-order valence-electron chi connectivity index (χ1n) is 19.3. The first kappa shape index (κ1) is 36.7.